The minimum Gasteiger partial charge on any atom is -0.340 e. The fourth-order valence-corrected chi connectivity index (χ4v) is 4.04. The van der Waals surface area contributed by atoms with Crippen LogP contribution in [0.15, 0.2) is 60.4 Å². The van der Waals surface area contributed by atoms with Crippen LogP contribution in [0.5, 0.6) is 0 Å². The molecule has 1 aromatic carbocycles. The first-order chi connectivity index (χ1) is 14.3. The number of thiazole rings is 1. The van der Waals surface area contributed by atoms with Crippen molar-refractivity contribution in [1.29, 1.82) is 0 Å². The molecule has 0 atom stereocenters. The molecule has 3 aromatic rings. The number of aromatic nitrogens is 3. The van der Waals surface area contributed by atoms with Crippen LogP contribution in [0.3, 0.4) is 0 Å². The van der Waals surface area contributed by atoms with E-state index >= 15 is 0 Å². The molecule has 0 saturated carbocycles. The van der Waals surface area contributed by atoms with Gasteiger partial charge in [-0.1, -0.05) is 42.5 Å². The van der Waals surface area contributed by atoms with Crippen LogP contribution in [0, 0.1) is 0 Å². The van der Waals surface area contributed by atoms with Gasteiger partial charge in [0, 0.05) is 50.5 Å². The van der Waals surface area contributed by atoms with Crippen LogP contribution >= 0.6 is 11.3 Å². The molecule has 0 N–H and O–H groups in total. The quantitative estimate of drug-likeness (QED) is 0.631. The second-order valence-electron chi connectivity index (χ2n) is 6.91. The number of nitrogens with zero attached hydrogens (tertiary/aromatic N) is 5. The topological polar surface area (TPSA) is 62.2 Å². The lowest BCUT2D eigenvalue weighted by molar-refractivity contribution is -0.132. The van der Waals surface area contributed by atoms with Crippen LogP contribution in [-0.4, -0.2) is 63.4 Å². The zero-order chi connectivity index (χ0) is 19.9. The largest absolute Gasteiger partial charge is 0.340 e. The third-order valence-corrected chi connectivity index (χ3v) is 5.78. The van der Waals surface area contributed by atoms with Crippen LogP contribution < -0.4 is 0 Å². The summed E-state index contributed by atoms with van der Waals surface area (Å²) in [6, 6.07) is 10.3. The van der Waals surface area contributed by atoms with Gasteiger partial charge in [-0.05, 0) is 5.56 Å². The standard InChI is InChI=1S/C22H23N5OS/c28-21(15-19-17-29-22(25-19)20-16-23-8-9-24-20)27-13-11-26(12-14-27)10-4-7-18-5-2-1-3-6-18/h1-9,16-17H,10-15H2/b7-4+. The van der Waals surface area contributed by atoms with Crippen molar-refractivity contribution in [2.24, 2.45) is 0 Å². The molecule has 0 aliphatic carbocycles. The Balaban J connectivity index is 1.24. The van der Waals surface area contributed by atoms with E-state index in [4.69, 9.17) is 0 Å². The highest BCUT2D eigenvalue weighted by molar-refractivity contribution is 7.13. The van der Waals surface area contributed by atoms with Gasteiger partial charge in [-0.15, -0.1) is 11.3 Å². The van der Waals surface area contributed by atoms with Gasteiger partial charge < -0.3 is 4.90 Å². The molecule has 0 bridgehead atoms. The second kappa shape index (κ2) is 9.54. The second-order valence-corrected chi connectivity index (χ2v) is 7.76. The minimum absolute atomic E-state index is 0.139. The van der Waals surface area contributed by atoms with E-state index in [0.29, 0.717) is 6.42 Å². The molecule has 148 valence electrons. The molecule has 29 heavy (non-hydrogen) atoms. The fraction of sp³-hybridized carbons (Fsp3) is 0.273. The summed E-state index contributed by atoms with van der Waals surface area (Å²) in [5.74, 6) is 0.139. The summed E-state index contributed by atoms with van der Waals surface area (Å²) < 4.78 is 0. The van der Waals surface area contributed by atoms with E-state index in [1.165, 1.54) is 16.9 Å². The molecule has 3 heterocycles. The van der Waals surface area contributed by atoms with Gasteiger partial charge in [0.05, 0.1) is 18.3 Å². The molecule has 7 heteroatoms. The van der Waals surface area contributed by atoms with Crippen molar-refractivity contribution in [3.05, 3.63) is 71.6 Å². The van der Waals surface area contributed by atoms with Crippen molar-refractivity contribution in [2.45, 2.75) is 6.42 Å². The monoisotopic (exact) mass is 405 g/mol. The number of amides is 1. The first kappa shape index (κ1) is 19.4. The summed E-state index contributed by atoms with van der Waals surface area (Å²) in [7, 11) is 0. The Kier molecular flexibility index (Phi) is 6.38. The molecule has 6 nitrogen and oxygen atoms in total. The lowest BCUT2D eigenvalue weighted by Crippen LogP contribution is -2.49. The average Bonchev–Trinajstić information content (AvgIpc) is 3.24. The van der Waals surface area contributed by atoms with Crippen LogP contribution in [0.1, 0.15) is 11.3 Å². The van der Waals surface area contributed by atoms with E-state index < -0.39 is 0 Å². The van der Waals surface area contributed by atoms with Crippen molar-refractivity contribution >= 4 is 23.3 Å². The Morgan fingerprint density at radius 1 is 1.10 bits per heavy atom. The van der Waals surface area contributed by atoms with E-state index in [1.807, 2.05) is 28.5 Å². The number of benzene rings is 1. The highest BCUT2D eigenvalue weighted by atomic mass is 32.1. The number of carbonyl (C=O) groups excluding carboxylic acids is 1. The van der Waals surface area contributed by atoms with E-state index in [-0.39, 0.29) is 5.91 Å². The lowest BCUT2D eigenvalue weighted by Gasteiger charge is -2.34. The minimum atomic E-state index is 0.139. The smallest absolute Gasteiger partial charge is 0.228 e. The van der Waals surface area contributed by atoms with Gasteiger partial charge >= 0.3 is 0 Å². The summed E-state index contributed by atoms with van der Waals surface area (Å²) in [5.41, 5.74) is 2.76. The Morgan fingerprint density at radius 3 is 2.69 bits per heavy atom. The molecule has 0 unspecified atom stereocenters. The third-order valence-electron chi connectivity index (χ3n) is 4.86. The van der Waals surface area contributed by atoms with Gasteiger partial charge in [0.25, 0.3) is 0 Å². The predicted octanol–water partition coefficient (Wildman–Crippen LogP) is 3.00. The maximum absolute atomic E-state index is 12.6. The van der Waals surface area contributed by atoms with E-state index in [0.717, 1.165) is 49.1 Å². The van der Waals surface area contributed by atoms with E-state index in [9.17, 15) is 4.79 Å². The molecule has 1 amide bonds. The number of piperazine rings is 1. The van der Waals surface area contributed by atoms with Crippen molar-refractivity contribution < 1.29 is 4.79 Å². The normalized spacial score (nSPS) is 15.1. The molecule has 2 aromatic heterocycles. The Hall–Kier alpha value is -2.90. The van der Waals surface area contributed by atoms with Crippen molar-refractivity contribution in [1.82, 2.24) is 24.8 Å². The Bertz CT molecular complexity index is 950. The summed E-state index contributed by atoms with van der Waals surface area (Å²) in [6.07, 6.45) is 9.65. The van der Waals surface area contributed by atoms with Gasteiger partial charge in [-0.3, -0.25) is 19.7 Å². The Morgan fingerprint density at radius 2 is 1.93 bits per heavy atom. The number of hydrogen-bond donors (Lipinski definition) is 0. The molecular formula is C22H23N5OS. The Labute approximate surface area is 174 Å². The van der Waals surface area contributed by atoms with E-state index in [1.54, 1.807) is 18.6 Å². The molecule has 1 saturated heterocycles. The average molecular weight is 406 g/mol. The number of hydrogen-bond acceptors (Lipinski definition) is 6. The molecule has 0 spiro atoms. The first-order valence-electron chi connectivity index (χ1n) is 9.70. The predicted molar refractivity (Wildman–Crippen MR) is 115 cm³/mol. The van der Waals surface area contributed by atoms with Crippen molar-refractivity contribution in [3.63, 3.8) is 0 Å². The van der Waals surface area contributed by atoms with Crippen LogP contribution in [-0.2, 0) is 11.2 Å². The molecule has 0 radical (unpaired) electrons. The van der Waals surface area contributed by atoms with Gasteiger partial charge in [0.1, 0.15) is 10.7 Å². The van der Waals surface area contributed by atoms with Crippen LogP contribution in [0.2, 0.25) is 0 Å². The zero-order valence-electron chi connectivity index (χ0n) is 16.1. The SMILES string of the molecule is O=C(Cc1csc(-c2cnccn2)n1)N1CCN(C/C=C/c2ccccc2)CC1. The zero-order valence-corrected chi connectivity index (χ0v) is 17.0. The van der Waals surface area contributed by atoms with Gasteiger partial charge in [0.15, 0.2) is 0 Å². The summed E-state index contributed by atoms with van der Waals surface area (Å²) in [6.45, 7) is 4.22. The highest BCUT2D eigenvalue weighted by Crippen LogP contribution is 2.21. The molecule has 4 rings (SSSR count). The van der Waals surface area contributed by atoms with Gasteiger partial charge in [0.2, 0.25) is 5.91 Å². The third kappa shape index (κ3) is 5.34. The highest BCUT2D eigenvalue weighted by Gasteiger charge is 2.21. The first-order valence-corrected chi connectivity index (χ1v) is 10.6. The lowest BCUT2D eigenvalue weighted by atomic mass is 10.2. The van der Waals surface area contributed by atoms with Crippen molar-refractivity contribution in [3.8, 4) is 10.7 Å². The molecular weight excluding hydrogens is 382 g/mol. The van der Waals surface area contributed by atoms with Gasteiger partial charge in [-0.2, -0.15) is 0 Å². The van der Waals surface area contributed by atoms with E-state index in [2.05, 4.69) is 44.1 Å². The summed E-state index contributed by atoms with van der Waals surface area (Å²) >= 11 is 1.50. The van der Waals surface area contributed by atoms with Crippen LogP contribution in [0.4, 0.5) is 0 Å². The fourth-order valence-electron chi connectivity index (χ4n) is 3.26. The molecule has 1 aliphatic rings. The van der Waals surface area contributed by atoms with Crippen molar-refractivity contribution in [2.75, 3.05) is 32.7 Å². The van der Waals surface area contributed by atoms with Crippen LogP contribution in [0.25, 0.3) is 16.8 Å². The summed E-state index contributed by atoms with van der Waals surface area (Å²) in [4.78, 5) is 29.8. The summed E-state index contributed by atoms with van der Waals surface area (Å²) in [5, 5.41) is 2.74. The molecule has 1 fully saturated rings. The number of carbonyl (C=O) groups is 1. The maximum Gasteiger partial charge on any atom is 0.228 e. The van der Waals surface area contributed by atoms with Gasteiger partial charge in [-0.25, -0.2) is 4.98 Å². The number of rotatable bonds is 6. The molecule has 1 aliphatic heterocycles. The maximum atomic E-state index is 12.6.